The lowest BCUT2D eigenvalue weighted by atomic mass is 10.2. The summed E-state index contributed by atoms with van der Waals surface area (Å²) in [7, 11) is -4.57. The van der Waals surface area contributed by atoms with Gasteiger partial charge in [0.25, 0.3) is 10.0 Å². The van der Waals surface area contributed by atoms with Crippen molar-refractivity contribution in [2.75, 3.05) is 19.7 Å². The summed E-state index contributed by atoms with van der Waals surface area (Å²) in [6.07, 6.45) is -1.23. The summed E-state index contributed by atoms with van der Waals surface area (Å²) in [5.74, 6) is -3.43. The van der Waals surface area contributed by atoms with Gasteiger partial charge < -0.3 is 9.84 Å². The molecule has 1 rings (SSSR count). The molecule has 1 aliphatic rings. The Labute approximate surface area is 86.7 Å². The second-order valence-corrected chi connectivity index (χ2v) is 5.28. The van der Waals surface area contributed by atoms with Gasteiger partial charge in [-0.15, -0.1) is 0 Å². The van der Waals surface area contributed by atoms with Crippen LogP contribution >= 0.6 is 0 Å². The lowest BCUT2D eigenvalue weighted by molar-refractivity contribution is -0.0760. The Balaban J connectivity index is 2.78. The minimum absolute atomic E-state index is 0.108. The van der Waals surface area contributed by atoms with Crippen LogP contribution in [0.3, 0.4) is 0 Å². The van der Waals surface area contributed by atoms with Crippen LogP contribution in [0, 0.1) is 0 Å². The van der Waals surface area contributed by atoms with Gasteiger partial charge in [0.15, 0.2) is 0 Å². The number of rotatable bonds is 3. The second kappa shape index (κ2) is 4.69. The number of nitrogens with zero attached hydrogens (tertiary/aromatic N) is 1. The smallest absolute Gasteiger partial charge is 0.350 e. The summed E-state index contributed by atoms with van der Waals surface area (Å²) in [6.45, 7) is 0.839. The standard InChI is InChI=1S/C7H13F2NO4S/c1-5-2-10(3-6(4-11)14-5)15(12,13)7(8)9/h5-7,11H,2-4H2,1H3. The monoisotopic (exact) mass is 245 g/mol. The van der Waals surface area contributed by atoms with Crippen molar-refractivity contribution < 1.29 is 27.0 Å². The van der Waals surface area contributed by atoms with Crippen molar-refractivity contribution in [2.24, 2.45) is 0 Å². The van der Waals surface area contributed by atoms with Gasteiger partial charge in [-0.25, -0.2) is 8.42 Å². The van der Waals surface area contributed by atoms with E-state index in [9.17, 15) is 17.2 Å². The number of ether oxygens (including phenoxy) is 1. The van der Waals surface area contributed by atoms with E-state index in [1.54, 1.807) is 6.92 Å². The molecular formula is C7H13F2NO4S. The van der Waals surface area contributed by atoms with E-state index in [0.29, 0.717) is 4.31 Å². The Morgan fingerprint density at radius 3 is 2.60 bits per heavy atom. The second-order valence-electron chi connectivity index (χ2n) is 3.37. The molecule has 0 aromatic carbocycles. The van der Waals surface area contributed by atoms with E-state index in [1.807, 2.05) is 0 Å². The number of hydrogen-bond acceptors (Lipinski definition) is 4. The normalized spacial score (nSPS) is 29.7. The Morgan fingerprint density at radius 1 is 1.53 bits per heavy atom. The molecule has 0 amide bonds. The molecule has 0 aromatic heterocycles. The van der Waals surface area contributed by atoms with E-state index >= 15 is 0 Å². The van der Waals surface area contributed by atoms with Gasteiger partial charge in [-0.2, -0.15) is 13.1 Å². The van der Waals surface area contributed by atoms with E-state index in [0.717, 1.165) is 0 Å². The summed E-state index contributed by atoms with van der Waals surface area (Å²) in [5, 5.41) is 8.80. The number of aliphatic hydroxyl groups excluding tert-OH is 1. The maximum atomic E-state index is 12.2. The van der Waals surface area contributed by atoms with Crippen molar-refractivity contribution >= 4 is 10.0 Å². The molecule has 0 bridgehead atoms. The topological polar surface area (TPSA) is 66.8 Å². The van der Waals surface area contributed by atoms with Crippen molar-refractivity contribution in [2.45, 2.75) is 24.9 Å². The highest BCUT2D eigenvalue weighted by molar-refractivity contribution is 7.89. The minimum Gasteiger partial charge on any atom is -0.394 e. The molecule has 0 aliphatic carbocycles. The summed E-state index contributed by atoms with van der Waals surface area (Å²) in [6, 6.07) is 0. The first kappa shape index (κ1) is 12.8. The Morgan fingerprint density at radius 2 is 2.13 bits per heavy atom. The fraction of sp³-hybridized carbons (Fsp3) is 1.00. The van der Waals surface area contributed by atoms with Crippen molar-refractivity contribution in [1.82, 2.24) is 4.31 Å². The zero-order valence-corrected chi connectivity index (χ0v) is 8.95. The van der Waals surface area contributed by atoms with E-state index < -0.39 is 28.0 Å². The number of sulfonamides is 1. The van der Waals surface area contributed by atoms with Gasteiger partial charge in [0.05, 0.1) is 18.8 Å². The van der Waals surface area contributed by atoms with Crippen LogP contribution in [0.5, 0.6) is 0 Å². The minimum atomic E-state index is -4.57. The van der Waals surface area contributed by atoms with Crippen LogP contribution in [0.15, 0.2) is 0 Å². The molecule has 2 atom stereocenters. The van der Waals surface area contributed by atoms with Gasteiger partial charge in [-0.3, -0.25) is 0 Å². The molecule has 1 saturated heterocycles. The fourth-order valence-electron chi connectivity index (χ4n) is 1.42. The first-order valence-corrected chi connectivity index (χ1v) is 5.91. The molecule has 0 spiro atoms. The third-order valence-corrected chi connectivity index (χ3v) is 3.55. The highest BCUT2D eigenvalue weighted by Gasteiger charge is 2.37. The molecular weight excluding hydrogens is 232 g/mol. The molecule has 15 heavy (non-hydrogen) atoms. The zero-order valence-electron chi connectivity index (χ0n) is 8.14. The molecule has 1 heterocycles. The molecule has 1 N–H and O–H groups in total. The average molecular weight is 245 g/mol. The van der Waals surface area contributed by atoms with Crippen LogP contribution in [0.25, 0.3) is 0 Å². The summed E-state index contributed by atoms with van der Waals surface area (Å²) < 4.78 is 52.5. The van der Waals surface area contributed by atoms with Gasteiger partial charge in [0.2, 0.25) is 0 Å². The predicted octanol–water partition coefficient (Wildman–Crippen LogP) is -0.380. The van der Waals surface area contributed by atoms with Gasteiger partial charge in [0.1, 0.15) is 0 Å². The molecule has 5 nitrogen and oxygen atoms in total. The maximum absolute atomic E-state index is 12.2. The highest BCUT2D eigenvalue weighted by atomic mass is 32.2. The number of morpholine rings is 1. The first-order chi connectivity index (χ1) is 6.87. The maximum Gasteiger partial charge on any atom is 0.350 e. The van der Waals surface area contributed by atoms with Crippen molar-refractivity contribution in [3.05, 3.63) is 0 Å². The lowest BCUT2D eigenvalue weighted by Crippen LogP contribution is -2.51. The van der Waals surface area contributed by atoms with Crippen molar-refractivity contribution in [1.29, 1.82) is 0 Å². The Kier molecular flexibility index (Phi) is 3.99. The van der Waals surface area contributed by atoms with Crippen LogP contribution in [-0.2, 0) is 14.8 Å². The molecule has 0 radical (unpaired) electrons. The molecule has 2 unspecified atom stereocenters. The van der Waals surface area contributed by atoms with Crippen LogP contribution < -0.4 is 0 Å². The van der Waals surface area contributed by atoms with Gasteiger partial charge in [0, 0.05) is 13.1 Å². The number of halogens is 2. The Hall–Kier alpha value is -0.310. The van der Waals surface area contributed by atoms with E-state index in [1.165, 1.54) is 0 Å². The zero-order chi connectivity index (χ0) is 11.6. The quantitative estimate of drug-likeness (QED) is 0.736. The van der Waals surface area contributed by atoms with Crippen LogP contribution in [0.4, 0.5) is 8.78 Å². The van der Waals surface area contributed by atoms with Crippen LogP contribution in [0.2, 0.25) is 0 Å². The fourth-order valence-corrected chi connectivity index (χ4v) is 2.44. The van der Waals surface area contributed by atoms with E-state index in [4.69, 9.17) is 9.84 Å². The number of aliphatic hydroxyl groups is 1. The van der Waals surface area contributed by atoms with E-state index in [-0.39, 0.29) is 19.7 Å². The van der Waals surface area contributed by atoms with Gasteiger partial charge >= 0.3 is 5.76 Å². The van der Waals surface area contributed by atoms with Gasteiger partial charge in [-0.05, 0) is 6.92 Å². The van der Waals surface area contributed by atoms with Crippen LogP contribution in [0.1, 0.15) is 6.92 Å². The molecule has 1 aliphatic heterocycles. The van der Waals surface area contributed by atoms with Crippen LogP contribution in [-0.4, -0.2) is 55.5 Å². The largest absolute Gasteiger partial charge is 0.394 e. The Bertz CT molecular complexity index is 308. The van der Waals surface area contributed by atoms with Crippen molar-refractivity contribution in [3.63, 3.8) is 0 Å². The third kappa shape index (κ3) is 2.83. The van der Waals surface area contributed by atoms with Crippen molar-refractivity contribution in [3.8, 4) is 0 Å². The highest BCUT2D eigenvalue weighted by Crippen LogP contribution is 2.18. The summed E-state index contributed by atoms with van der Waals surface area (Å²) in [5.41, 5.74) is 0. The summed E-state index contributed by atoms with van der Waals surface area (Å²) in [4.78, 5) is 0. The first-order valence-electron chi connectivity index (χ1n) is 4.41. The number of hydrogen-bond donors (Lipinski definition) is 1. The molecule has 90 valence electrons. The molecule has 0 saturated carbocycles. The number of alkyl halides is 2. The predicted molar refractivity (Wildman–Crippen MR) is 47.9 cm³/mol. The third-order valence-electron chi connectivity index (χ3n) is 2.08. The average Bonchev–Trinajstić information content (AvgIpc) is 2.16. The van der Waals surface area contributed by atoms with Gasteiger partial charge in [-0.1, -0.05) is 0 Å². The SMILES string of the molecule is CC1CN(S(=O)(=O)C(F)F)CC(CO)O1. The molecule has 0 aromatic rings. The molecule has 1 fully saturated rings. The molecule has 8 heteroatoms. The van der Waals surface area contributed by atoms with E-state index in [2.05, 4.69) is 0 Å². The lowest BCUT2D eigenvalue weighted by Gasteiger charge is -2.34. The summed E-state index contributed by atoms with van der Waals surface area (Å²) >= 11 is 0.